The summed E-state index contributed by atoms with van der Waals surface area (Å²) in [6, 6.07) is 13.3. The van der Waals surface area contributed by atoms with Gasteiger partial charge in [-0.25, -0.2) is 4.79 Å². The predicted octanol–water partition coefficient (Wildman–Crippen LogP) is 3.60. The van der Waals surface area contributed by atoms with Crippen molar-refractivity contribution in [2.45, 2.75) is 18.7 Å². The second kappa shape index (κ2) is 7.09. The fraction of sp³-hybridized carbons (Fsp3) is 0.263. The first-order chi connectivity index (χ1) is 11.6. The fourth-order valence-electron chi connectivity index (χ4n) is 2.75. The first-order valence-corrected chi connectivity index (χ1v) is 8.81. The van der Waals surface area contributed by atoms with Crippen molar-refractivity contribution in [3.05, 3.63) is 59.2 Å². The van der Waals surface area contributed by atoms with E-state index in [0.717, 1.165) is 27.5 Å². The van der Waals surface area contributed by atoms with Crippen LogP contribution in [0.4, 0.5) is 5.69 Å². The SMILES string of the molecule is Cc1ccc(C(=O)OCC(=O)N2CCSc3ccccc32)c(C)c1. The molecule has 0 fully saturated rings. The van der Waals surface area contributed by atoms with E-state index in [4.69, 9.17) is 4.74 Å². The molecule has 3 rings (SSSR count). The Balaban J connectivity index is 1.67. The molecule has 2 aromatic carbocycles. The smallest absolute Gasteiger partial charge is 0.338 e. The summed E-state index contributed by atoms with van der Waals surface area (Å²) in [7, 11) is 0. The van der Waals surface area contributed by atoms with Gasteiger partial charge in [-0.1, -0.05) is 29.8 Å². The molecule has 124 valence electrons. The molecule has 1 aliphatic rings. The Morgan fingerprint density at radius 1 is 1.17 bits per heavy atom. The van der Waals surface area contributed by atoms with Gasteiger partial charge >= 0.3 is 5.97 Å². The summed E-state index contributed by atoms with van der Waals surface area (Å²) in [5.74, 6) is 0.190. The number of ether oxygens (including phenoxy) is 1. The number of hydrogen-bond donors (Lipinski definition) is 0. The predicted molar refractivity (Wildman–Crippen MR) is 95.7 cm³/mol. The number of carbonyl (C=O) groups excluding carboxylic acids is 2. The molecule has 0 saturated carbocycles. The minimum absolute atomic E-state index is 0.194. The van der Waals surface area contributed by atoms with Crippen LogP contribution in [0.2, 0.25) is 0 Å². The van der Waals surface area contributed by atoms with Crippen LogP contribution >= 0.6 is 11.8 Å². The number of fused-ring (bicyclic) bond motifs is 1. The average Bonchev–Trinajstić information content (AvgIpc) is 2.59. The van der Waals surface area contributed by atoms with Crippen LogP contribution in [0.5, 0.6) is 0 Å². The molecule has 5 heteroatoms. The number of hydrogen-bond acceptors (Lipinski definition) is 4. The maximum absolute atomic E-state index is 12.5. The van der Waals surface area contributed by atoms with Gasteiger partial charge in [-0.15, -0.1) is 11.8 Å². The van der Waals surface area contributed by atoms with Gasteiger partial charge in [0.2, 0.25) is 0 Å². The molecule has 4 nitrogen and oxygen atoms in total. The molecular weight excluding hydrogens is 322 g/mol. The number of para-hydroxylation sites is 1. The lowest BCUT2D eigenvalue weighted by atomic mass is 10.1. The van der Waals surface area contributed by atoms with Crippen LogP contribution in [0.1, 0.15) is 21.5 Å². The zero-order chi connectivity index (χ0) is 17.1. The summed E-state index contributed by atoms with van der Waals surface area (Å²) in [5, 5.41) is 0. The summed E-state index contributed by atoms with van der Waals surface area (Å²) >= 11 is 1.73. The van der Waals surface area contributed by atoms with Crippen LogP contribution in [0, 0.1) is 13.8 Å². The molecule has 0 spiro atoms. The van der Waals surface area contributed by atoms with Gasteiger partial charge < -0.3 is 9.64 Å². The lowest BCUT2D eigenvalue weighted by Crippen LogP contribution is -2.38. The Bertz CT molecular complexity index is 788. The Morgan fingerprint density at radius 3 is 2.75 bits per heavy atom. The van der Waals surface area contributed by atoms with E-state index in [1.54, 1.807) is 22.7 Å². The lowest BCUT2D eigenvalue weighted by Gasteiger charge is -2.28. The van der Waals surface area contributed by atoms with Gasteiger partial charge in [0.15, 0.2) is 6.61 Å². The standard InChI is InChI=1S/C19H19NO3S/c1-13-7-8-15(14(2)11-13)19(22)23-12-18(21)20-9-10-24-17-6-4-3-5-16(17)20/h3-8,11H,9-10,12H2,1-2H3. The molecule has 1 amide bonds. The number of esters is 1. The zero-order valence-electron chi connectivity index (χ0n) is 13.7. The van der Waals surface area contributed by atoms with E-state index in [9.17, 15) is 9.59 Å². The third-order valence-corrected chi connectivity index (χ3v) is 5.00. The Labute approximate surface area is 145 Å². The van der Waals surface area contributed by atoms with Gasteiger partial charge in [0.25, 0.3) is 5.91 Å². The molecule has 0 unspecified atom stereocenters. The number of rotatable bonds is 3. The molecule has 2 aromatic rings. The molecular formula is C19H19NO3S. The topological polar surface area (TPSA) is 46.6 Å². The van der Waals surface area contributed by atoms with Crippen molar-refractivity contribution in [2.24, 2.45) is 0 Å². The molecule has 0 aliphatic carbocycles. The van der Waals surface area contributed by atoms with Crippen molar-refractivity contribution in [3.63, 3.8) is 0 Å². The number of aryl methyl sites for hydroxylation is 2. The normalized spacial score (nSPS) is 13.3. The van der Waals surface area contributed by atoms with Crippen molar-refractivity contribution in [3.8, 4) is 0 Å². The number of anilines is 1. The molecule has 0 radical (unpaired) electrons. The molecule has 1 heterocycles. The van der Waals surface area contributed by atoms with E-state index in [0.29, 0.717) is 12.1 Å². The summed E-state index contributed by atoms with van der Waals surface area (Å²) in [4.78, 5) is 27.5. The Kier molecular flexibility index (Phi) is 4.90. The molecule has 1 aliphatic heterocycles. The zero-order valence-corrected chi connectivity index (χ0v) is 14.6. The van der Waals surface area contributed by atoms with Crippen molar-refractivity contribution >= 4 is 29.3 Å². The van der Waals surface area contributed by atoms with Crippen LogP contribution in [-0.2, 0) is 9.53 Å². The number of benzene rings is 2. The molecule has 0 atom stereocenters. The molecule has 0 bridgehead atoms. The third kappa shape index (κ3) is 3.46. The second-order valence-electron chi connectivity index (χ2n) is 5.76. The number of thioether (sulfide) groups is 1. The van der Waals surface area contributed by atoms with Crippen LogP contribution in [0.15, 0.2) is 47.4 Å². The van der Waals surface area contributed by atoms with E-state index in [1.807, 2.05) is 50.2 Å². The quantitative estimate of drug-likeness (QED) is 0.800. The summed E-state index contributed by atoms with van der Waals surface area (Å²) in [5.41, 5.74) is 3.33. The van der Waals surface area contributed by atoms with Crippen LogP contribution in [0.25, 0.3) is 0 Å². The monoisotopic (exact) mass is 341 g/mol. The maximum Gasteiger partial charge on any atom is 0.338 e. The lowest BCUT2D eigenvalue weighted by molar-refractivity contribution is -0.121. The number of carbonyl (C=O) groups is 2. The summed E-state index contributed by atoms with van der Waals surface area (Å²) in [6.07, 6.45) is 0. The highest BCUT2D eigenvalue weighted by molar-refractivity contribution is 7.99. The molecule has 24 heavy (non-hydrogen) atoms. The third-order valence-electron chi connectivity index (χ3n) is 3.96. The average molecular weight is 341 g/mol. The first-order valence-electron chi connectivity index (χ1n) is 7.83. The van der Waals surface area contributed by atoms with Crippen molar-refractivity contribution < 1.29 is 14.3 Å². The van der Waals surface area contributed by atoms with E-state index in [1.165, 1.54) is 0 Å². The van der Waals surface area contributed by atoms with Crippen LogP contribution < -0.4 is 4.90 Å². The minimum Gasteiger partial charge on any atom is -0.452 e. The number of nitrogens with zero attached hydrogens (tertiary/aromatic N) is 1. The van der Waals surface area contributed by atoms with Gasteiger partial charge in [-0.2, -0.15) is 0 Å². The highest BCUT2D eigenvalue weighted by Crippen LogP contribution is 2.34. The Morgan fingerprint density at radius 2 is 1.96 bits per heavy atom. The molecule has 0 saturated heterocycles. The summed E-state index contributed by atoms with van der Waals surface area (Å²) < 4.78 is 5.24. The maximum atomic E-state index is 12.5. The fourth-order valence-corrected chi connectivity index (χ4v) is 3.75. The highest BCUT2D eigenvalue weighted by Gasteiger charge is 2.23. The van der Waals surface area contributed by atoms with Gasteiger partial charge in [0.05, 0.1) is 11.3 Å². The van der Waals surface area contributed by atoms with Crippen LogP contribution in [-0.4, -0.2) is 30.8 Å². The number of amides is 1. The van der Waals surface area contributed by atoms with Gasteiger partial charge in [0.1, 0.15) is 0 Å². The highest BCUT2D eigenvalue weighted by atomic mass is 32.2. The van der Waals surface area contributed by atoms with Crippen molar-refractivity contribution in [1.29, 1.82) is 0 Å². The molecule has 0 aromatic heterocycles. The van der Waals surface area contributed by atoms with Crippen LogP contribution in [0.3, 0.4) is 0 Å². The molecule has 0 N–H and O–H groups in total. The Hall–Kier alpha value is -2.27. The van der Waals surface area contributed by atoms with Gasteiger partial charge in [-0.05, 0) is 37.6 Å². The van der Waals surface area contributed by atoms with Crippen molar-refractivity contribution in [1.82, 2.24) is 0 Å². The van der Waals surface area contributed by atoms with Gasteiger partial charge in [0, 0.05) is 17.2 Å². The van der Waals surface area contributed by atoms with E-state index < -0.39 is 5.97 Å². The second-order valence-corrected chi connectivity index (χ2v) is 6.89. The summed E-state index contributed by atoms with van der Waals surface area (Å²) in [6.45, 7) is 4.22. The van der Waals surface area contributed by atoms with E-state index in [2.05, 4.69) is 0 Å². The first kappa shape index (κ1) is 16.6. The van der Waals surface area contributed by atoms with E-state index >= 15 is 0 Å². The van der Waals surface area contributed by atoms with E-state index in [-0.39, 0.29) is 12.5 Å². The minimum atomic E-state index is -0.458. The van der Waals surface area contributed by atoms with Crippen molar-refractivity contribution in [2.75, 3.05) is 23.8 Å². The largest absolute Gasteiger partial charge is 0.452 e. The van der Waals surface area contributed by atoms with Gasteiger partial charge in [-0.3, -0.25) is 4.79 Å².